The van der Waals surface area contributed by atoms with E-state index in [-0.39, 0.29) is 0 Å². The second kappa shape index (κ2) is 5.99. The van der Waals surface area contributed by atoms with E-state index in [0.29, 0.717) is 12.1 Å². The molecule has 1 aliphatic carbocycles. The monoisotopic (exact) mass is 227 g/mol. The molecule has 2 unspecified atom stereocenters. The highest BCUT2D eigenvalue weighted by Crippen LogP contribution is 2.33. The molecule has 0 amide bonds. The average Bonchev–Trinajstić information content (AvgIpc) is 3.13. The van der Waals surface area contributed by atoms with Crippen molar-refractivity contribution < 1.29 is 9.47 Å². The first-order valence-corrected chi connectivity index (χ1v) is 6.64. The van der Waals surface area contributed by atoms with Gasteiger partial charge in [-0.1, -0.05) is 0 Å². The standard InChI is InChI=1S/C13H25NO2/c1-10(11-5-7-16-8-6-11)14-13(9-15-2)12-3-4-12/h10-14H,3-9H2,1-2H3. The molecule has 3 nitrogen and oxygen atoms in total. The number of ether oxygens (including phenoxy) is 2. The maximum absolute atomic E-state index is 5.41. The topological polar surface area (TPSA) is 30.5 Å². The van der Waals surface area contributed by atoms with Crippen LogP contribution in [-0.2, 0) is 9.47 Å². The Morgan fingerprint density at radius 3 is 2.44 bits per heavy atom. The smallest absolute Gasteiger partial charge is 0.0618 e. The van der Waals surface area contributed by atoms with Crippen LogP contribution in [0.1, 0.15) is 32.6 Å². The Morgan fingerprint density at radius 1 is 1.19 bits per heavy atom. The summed E-state index contributed by atoms with van der Waals surface area (Å²) in [5.41, 5.74) is 0. The first-order valence-electron chi connectivity index (χ1n) is 6.64. The Kier molecular flexibility index (Phi) is 4.62. The van der Waals surface area contributed by atoms with Crippen LogP contribution < -0.4 is 5.32 Å². The minimum absolute atomic E-state index is 0.572. The van der Waals surface area contributed by atoms with Gasteiger partial charge in [0.2, 0.25) is 0 Å². The molecule has 2 fully saturated rings. The number of methoxy groups -OCH3 is 1. The van der Waals surface area contributed by atoms with Crippen molar-refractivity contribution in [3.05, 3.63) is 0 Å². The quantitative estimate of drug-likeness (QED) is 0.751. The molecule has 2 atom stereocenters. The predicted octanol–water partition coefficient (Wildman–Crippen LogP) is 1.82. The molecule has 1 saturated carbocycles. The summed E-state index contributed by atoms with van der Waals surface area (Å²) < 4.78 is 10.7. The molecule has 0 aromatic rings. The molecule has 0 aromatic carbocycles. The lowest BCUT2D eigenvalue weighted by atomic mass is 9.92. The highest BCUT2D eigenvalue weighted by atomic mass is 16.5. The van der Waals surface area contributed by atoms with Crippen LogP contribution in [0.25, 0.3) is 0 Å². The highest BCUT2D eigenvalue weighted by molar-refractivity contribution is 4.89. The SMILES string of the molecule is COCC(NC(C)C1CCOCC1)C1CC1. The molecule has 0 aromatic heterocycles. The second-order valence-electron chi connectivity index (χ2n) is 5.30. The van der Waals surface area contributed by atoms with Gasteiger partial charge >= 0.3 is 0 Å². The molecular weight excluding hydrogens is 202 g/mol. The summed E-state index contributed by atoms with van der Waals surface area (Å²) in [6.07, 6.45) is 5.17. The molecule has 2 rings (SSSR count). The fourth-order valence-corrected chi connectivity index (χ4v) is 2.69. The molecule has 0 spiro atoms. The van der Waals surface area contributed by atoms with Gasteiger partial charge in [0, 0.05) is 32.4 Å². The van der Waals surface area contributed by atoms with E-state index in [2.05, 4.69) is 12.2 Å². The normalized spacial score (nSPS) is 26.6. The summed E-state index contributed by atoms with van der Waals surface area (Å²) in [4.78, 5) is 0. The average molecular weight is 227 g/mol. The lowest BCUT2D eigenvalue weighted by Gasteiger charge is -2.31. The van der Waals surface area contributed by atoms with Gasteiger partial charge in [0.25, 0.3) is 0 Å². The van der Waals surface area contributed by atoms with E-state index in [1.165, 1.54) is 25.7 Å². The van der Waals surface area contributed by atoms with Crippen LogP contribution in [-0.4, -0.2) is 39.0 Å². The molecule has 16 heavy (non-hydrogen) atoms. The summed E-state index contributed by atoms with van der Waals surface area (Å²) in [6, 6.07) is 1.17. The lowest BCUT2D eigenvalue weighted by Crippen LogP contribution is -2.45. The Bertz CT molecular complexity index is 200. The van der Waals surface area contributed by atoms with Crippen LogP contribution in [0.4, 0.5) is 0 Å². The largest absolute Gasteiger partial charge is 0.383 e. The number of nitrogens with one attached hydrogen (secondary N) is 1. The zero-order valence-electron chi connectivity index (χ0n) is 10.6. The van der Waals surface area contributed by atoms with Crippen LogP contribution in [0.15, 0.2) is 0 Å². The maximum atomic E-state index is 5.41. The molecule has 94 valence electrons. The van der Waals surface area contributed by atoms with E-state index in [4.69, 9.17) is 9.47 Å². The van der Waals surface area contributed by atoms with Gasteiger partial charge in [-0.05, 0) is 44.4 Å². The molecular formula is C13H25NO2. The van der Waals surface area contributed by atoms with E-state index in [0.717, 1.165) is 31.7 Å². The Balaban J connectivity index is 1.76. The highest BCUT2D eigenvalue weighted by Gasteiger charge is 2.33. The molecule has 2 aliphatic rings. The third kappa shape index (κ3) is 3.44. The van der Waals surface area contributed by atoms with E-state index < -0.39 is 0 Å². The maximum Gasteiger partial charge on any atom is 0.0618 e. The zero-order valence-corrected chi connectivity index (χ0v) is 10.6. The molecule has 1 N–H and O–H groups in total. The molecule has 3 heteroatoms. The van der Waals surface area contributed by atoms with E-state index in [1.54, 1.807) is 7.11 Å². The van der Waals surface area contributed by atoms with Crippen LogP contribution in [0.2, 0.25) is 0 Å². The Morgan fingerprint density at radius 2 is 1.88 bits per heavy atom. The van der Waals surface area contributed by atoms with Gasteiger partial charge in [-0.2, -0.15) is 0 Å². The third-order valence-corrected chi connectivity index (χ3v) is 3.99. The van der Waals surface area contributed by atoms with Crippen LogP contribution >= 0.6 is 0 Å². The summed E-state index contributed by atoms with van der Waals surface area (Å²) in [5.74, 6) is 1.65. The van der Waals surface area contributed by atoms with Gasteiger partial charge in [-0.25, -0.2) is 0 Å². The van der Waals surface area contributed by atoms with E-state index in [9.17, 15) is 0 Å². The van der Waals surface area contributed by atoms with Crippen LogP contribution in [0.5, 0.6) is 0 Å². The predicted molar refractivity (Wildman–Crippen MR) is 64.5 cm³/mol. The zero-order chi connectivity index (χ0) is 11.4. The van der Waals surface area contributed by atoms with Crippen LogP contribution in [0, 0.1) is 11.8 Å². The van der Waals surface area contributed by atoms with Crippen molar-refractivity contribution >= 4 is 0 Å². The summed E-state index contributed by atoms with van der Waals surface area (Å²) in [5, 5.41) is 3.77. The number of hydrogen-bond donors (Lipinski definition) is 1. The first-order chi connectivity index (χ1) is 7.81. The summed E-state index contributed by atoms with van der Waals surface area (Å²) in [7, 11) is 1.80. The van der Waals surface area contributed by atoms with Gasteiger partial charge in [-0.3, -0.25) is 0 Å². The van der Waals surface area contributed by atoms with Gasteiger partial charge in [0.05, 0.1) is 6.61 Å². The van der Waals surface area contributed by atoms with Crippen molar-refractivity contribution in [1.82, 2.24) is 5.32 Å². The fourth-order valence-electron chi connectivity index (χ4n) is 2.69. The number of rotatable bonds is 6. The minimum Gasteiger partial charge on any atom is -0.383 e. The summed E-state index contributed by atoms with van der Waals surface area (Å²) in [6.45, 7) is 5.06. The van der Waals surface area contributed by atoms with Crippen molar-refractivity contribution in [2.45, 2.75) is 44.7 Å². The van der Waals surface area contributed by atoms with Crippen molar-refractivity contribution in [1.29, 1.82) is 0 Å². The molecule has 0 radical (unpaired) electrons. The minimum atomic E-state index is 0.572. The Hall–Kier alpha value is -0.120. The molecule has 1 heterocycles. The van der Waals surface area contributed by atoms with Gasteiger partial charge in [-0.15, -0.1) is 0 Å². The third-order valence-electron chi connectivity index (χ3n) is 3.99. The molecule has 1 saturated heterocycles. The van der Waals surface area contributed by atoms with Crippen molar-refractivity contribution in [2.24, 2.45) is 11.8 Å². The number of hydrogen-bond acceptors (Lipinski definition) is 3. The fraction of sp³-hybridized carbons (Fsp3) is 1.00. The molecule has 1 aliphatic heterocycles. The van der Waals surface area contributed by atoms with Gasteiger partial charge < -0.3 is 14.8 Å². The van der Waals surface area contributed by atoms with Gasteiger partial charge in [0.15, 0.2) is 0 Å². The van der Waals surface area contributed by atoms with Crippen molar-refractivity contribution in [3.63, 3.8) is 0 Å². The van der Waals surface area contributed by atoms with E-state index >= 15 is 0 Å². The van der Waals surface area contributed by atoms with Crippen molar-refractivity contribution in [2.75, 3.05) is 26.9 Å². The molecule has 0 bridgehead atoms. The van der Waals surface area contributed by atoms with Crippen LogP contribution in [0.3, 0.4) is 0 Å². The lowest BCUT2D eigenvalue weighted by molar-refractivity contribution is 0.0509. The van der Waals surface area contributed by atoms with Gasteiger partial charge in [0.1, 0.15) is 0 Å². The van der Waals surface area contributed by atoms with E-state index in [1.807, 2.05) is 0 Å². The summed E-state index contributed by atoms with van der Waals surface area (Å²) >= 11 is 0. The Labute approximate surface area is 98.9 Å². The first kappa shape index (κ1) is 12.3. The second-order valence-corrected chi connectivity index (χ2v) is 5.30. The van der Waals surface area contributed by atoms with Crippen molar-refractivity contribution in [3.8, 4) is 0 Å².